The number of likely N-dealkylation sites (N-methyl/N-ethyl adjacent to an activating group) is 1. The molecule has 0 radical (unpaired) electrons. The SMILES string of the molecule is Cc1cc(N2CC[C@@H]3CN(C)C[C@@H]32)ccc1-n1ccc2cc(OC[C@@H]3CCCO3)ccc2c1=O. The van der Waals surface area contributed by atoms with Gasteiger partial charge in [0.2, 0.25) is 0 Å². The van der Waals surface area contributed by atoms with E-state index < -0.39 is 0 Å². The van der Waals surface area contributed by atoms with Crippen molar-refractivity contribution in [2.75, 3.05) is 44.8 Å². The van der Waals surface area contributed by atoms with Crippen molar-refractivity contribution in [3.05, 3.63) is 64.6 Å². The van der Waals surface area contributed by atoms with Gasteiger partial charge in [-0.1, -0.05) is 0 Å². The Kier molecular flexibility index (Phi) is 5.58. The molecule has 0 unspecified atom stereocenters. The van der Waals surface area contributed by atoms with Gasteiger partial charge in [0, 0.05) is 49.6 Å². The number of hydrogen-bond acceptors (Lipinski definition) is 5. The third kappa shape index (κ3) is 3.89. The van der Waals surface area contributed by atoms with E-state index in [4.69, 9.17) is 9.47 Å². The van der Waals surface area contributed by atoms with Crippen LogP contribution in [-0.4, -0.2) is 61.5 Å². The third-order valence-corrected chi connectivity index (χ3v) is 7.84. The van der Waals surface area contributed by atoms with E-state index >= 15 is 0 Å². The van der Waals surface area contributed by atoms with Crippen molar-refractivity contribution in [1.29, 1.82) is 0 Å². The fourth-order valence-corrected chi connectivity index (χ4v) is 6.05. The maximum atomic E-state index is 13.4. The molecule has 6 rings (SSSR count). The standard InChI is InChI=1S/C28H33N3O3/c1-19-14-22(30-11-10-21-16-29(2)17-27(21)30)5-8-26(19)31-12-9-20-15-23(6-7-25(20)28(31)32)34-18-24-4-3-13-33-24/h5-9,12,14-15,21,24,27H,3-4,10-11,13,16-18H2,1-2H3/t21-,24+,27+/m1/s1. The lowest BCUT2D eigenvalue weighted by molar-refractivity contribution is 0.0680. The second-order valence-corrected chi connectivity index (χ2v) is 10.2. The molecule has 4 heterocycles. The zero-order chi connectivity index (χ0) is 23.2. The molecule has 3 atom stereocenters. The molecule has 34 heavy (non-hydrogen) atoms. The molecule has 0 bridgehead atoms. The first-order valence-corrected chi connectivity index (χ1v) is 12.5. The number of aromatic nitrogens is 1. The Morgan fingerprint density at radius 1 is 1.09 bits per heavy atom. The number of nitrogens with zero attached hydrogens (tertiary/aromatic N) is 3. The minimum absolute atomic E-state index is 0.00215. The number of fused-ring (bicyclic) bond motifs is 2. The van der Waals surface area contributed by atoms with Crippen LogP contribution in [0.4, 0.5) is 5.69 Å². The van der Waals surface area contributed by atoms with Crippen molar-refractivity contribution in [3.63, 3.8) is 0 Å². The first-order valence-electron chi connectivity index (χ1n) is 12.5. The summed E-state index contributed by atoms with van der Waals surface area (Å²) < 4.78 is 13.3. The van der Waals surface area contributed by atoms with Gasteiger partial charge in [0.1, 0.15) is 12.4 Å². The molecule has 3 aromatic rings. The molecular weight excluding hydrogens is 426 g/mol. The zero-order valence-corrected chi connectivity index (χ0v) is 20.1. The summed E-state index contributed by atoms with van der Waals surface area (Å²) in [6.45, 7) is 6.94. The normalized spacial score (nSPS) is 24.8. The maximum Gasteiger partial charge on any atom is 0.262 e. The lowest BCUT2D eigenvalue weighted by Gasteiger charge is -2.27. The van der Waals surface area contributed by atoms with Gasteiger partial charge < -0.3 is 19.3 Å². The summed E-state index contributed by atoms with van der Waals surface area (Å²) in [5, 5.41) is 1.60. The number of hydrogen-bond donors (Lipinski definition) is 0. The van der Waals surface area contributed by atoms with Crippen LogP contribution in [0.15, 0.2) is 53.5 Å². The summed E-state index contributed by atoms with van der Waals surface area (Å²) in [5.74, 6) is 1.55. The monoisotopic (exact) mass is 459 g/mol. The number of pyridine rings is 1. The van der Waals surface area contributed by atoms with Crippen LogP contribution in [0.2, 0.25) is 0 Å². The highest BCUT2D eigenvalue weighted by Gasteiger charge is 2.40. The molecule has 3 fully saturated rings. The molecule has 0 spiro atoms. The molecule has 3 saturated heterocycles. The maximum absolute atomic E-state index is 13.4. The van der Waals surface area contributed by atoms with Crippen LogP contribution in [0.3, 0.4) is 0 Å². The Morgan fingerprint density at radius 3 is 2.82 bits per heavy atom. The molecule has 6 heteroatoms. The summed E-state index contributed by atoms with van der Waals surface area (Å²) in [6, 6.07) is 14.9. The average molecular weight is 460 g/mol. The quantitative estimate of drug-likeness (QED) is 0.577. The number of aryl methyl sites for hydroxylation is 1. The van der Waals surface area contributed by atoms with Crippen molar-refractivity contribution in [3.8, 4) is 11.4 Å². The van der Waals surface area contributed by atoms with Crippen LogP contribution in [0.1, 0.15) is 24.8 Å². The molecule has 6 nitrogen and oxygen atoms in total. The summed E-state index contributed by atoms with van der Waals surface area (Å²) in [6.07, 6.45) is 5.47. The van der Waals surface area contributed by atoms with Gasteiger partial charge in [-0.05, 0) is 92.6 Å². The van der Waals surface area contributed by atoms with Gasteiger partial charge in [-0.3, -0.25) is 9.36 Å². The summed E-state index contributed by atoms with van der Waals surface area (Å²) in [7, 11) is 2.22. The van der Waals surface area contributed by atoms with Crippen molar-refractivity contribution in [2.24, 2.45) is 5.92 Å². The van der Waals surface area contributed by atoms with Gasteiger partial charge in [-0.2, -0.15) is 0 Å². The molecule has 0 aliphatic carbocycles. The van der Waals surface area contributed by atoms with E-state index in [0.29, 0.717) is 18.0 Å². The van der Waals surface area contributed by atoms with E-state index in [1.54, 1.807) is 4.57 Å². The lowest BCUT2D eigenvalue weighted by atomic mass is 10.0. The van der Waals surface area contributed by atoms with E-state index in [0.717, 1.165) is 60.8 Å². The molecule has 0 N–H and O–H groups in total. The Hall–Kier alpha value is -2.83. The Bertz CT molecular complexity index is 1260. The van der Waals surface area contributed by atoms with Gasteiger partial charge in [-0.15, -0.1) is 0 Å². The van der Waals surface area contributed by atoms with Crippen LogP contribution in [0.5, 0.6) is 5.75 Å². The molecule has 3 aliphatic heterocycles. The highest BCUT2D eigenvalue weighted by molar-refractivity contribution is 5.83. The number of likely N-dealkylation sites (tertiary alicyclic amines) is 1. The molecule has 0 saturated carbocycles. The predicted molar refractivity (Wildman–Crippen MR) is 135 cm³/mol. The van der Waals surface area contributed by atoms with Crippen molar-refractivity contribution in [2.45, 2.75) is 38.3 Å². The highest BCUT2D eigenvalue weighted by Crippen LogP contribution is 2.35. The van der Waals surface area contributed by atoms with Crippen molar-refractivity contribution in [1.82, 2.24) is 9.47 Å². The van der Waals surface area contributed by atoms with E-state index in [-0.39, 0.29) is 11.7 Å². The first kappa shape index (κ1) is 21.7. The van der Waals surface area contributed by atoms with Crippen molar-refractivity contribution < 1.29 is 9.47 Å². The van der Waals surface area contributed by atoms with Crippen LogP contribution in [0, 0.1) is 12.8 Å². The summed E-state index contributed by atoms with van der Waals surface area (Å²) >= 11 is 0. The number of benzene rings is 2. The van der Waals surface area contributed by atoms with Crippen LogP contribution in [0.25, 0.3) is 16.5 Å². The Balaban J connectivity index is 1.25. The first-order chi connectivity index (χ1) is 16.6. The van der Waals surface area contributed by atoms with E-state index in [1.165, 1.54) is 18.7 Å². The second kappa shape index (κ2) is 8.75. The van der Waals surface area contributed by atoms with E-state index in [9.17, 15) is 4.79 Å². The van der Waals surface area contributed by atoms with Gasteiger partial charge in [0.05, 0.1) is 11.8 Å². The van der Waals surface area contributed by atoms with Crippen LogP contribution in [-0.2, 0) is 4.74 Å². The Morgan fingerprint density at radius 2 is 2.00 bits per heavy atom. The number of ether oxygens (including phenoxy) is 2. The number of anilines is 1. The van der Waals surface area contributed by atoms with Gasteiger partial charge in [0.15, 0.2) is 0 Å². The minimum atomic E-state index is -0.00215. The van der Waals surface area contributed by atoms with E-state index in [2.05, 4.69) is 42.0 Å². The topological polar surface area (TPSA) is 46.9 Å². The van der Waals surface area contributed by atoms with E-state index in [1.807, 2.05) is 30.5 Å². The summed E-state index contributed by atoms with van der Waals surface area (Å²) in [4.78, 5) is 18.4. The fourth-order valence-electron chi connectivity index (χ4n) is 6.05. The predicted octanol–water partition coefficient (Wildman–Crippen LogP) is 4.00. The van der Waals surface area contributed by atoms with Gasteiger partial charge in [-0.25, -0.2) is 0 Å². The smallest absolute Gasteiger partial charge is 0.262 e. The lowest BCUT2D eigenvalue weighted by Crippen LogP contribution is -2.34. The highest BCUT2D eigenvalue weighted by atomic mass is 16.5. The molecule has 3 aliphatic rings. The van der Waals surface area contributed by atoms with Crippen molar-refractivity contribution >= 4 is 16.5 Å². The van der Waals surface area contributed by atoms with Gasteiger partial charge >= 0.3 is 0 Å². The minimum Gasteiger partial charge on any atom is -0.491 e. The average Bonchev–Trinajstić information content (AvgIpc) is 3.56. The van der Waals surface area contributed by atoms with Gasteiger partial charge in [0.25, 0.3) is 5.56 Å². The molecule has 2 aromatic carbocycles. The Labute approximate surface area is 200 Å². The molecule has 178 valence electrons. The fraction of sp³-hybridized carbons (Fsp3) is 0.464. The number of rotatable bonds is 5. The molecular formula is C28H33N3O3. The zero-order valence-electron chi connectivity index (χ0n) is 20.1. The second-order valence-electron chi connectivity index (χ2n) is 10.2. The molecule has 0 amide bonds. The van der Waals surface area contributed by atoms with Crippen LogP contribution >= 0.6 is 0 Å². The largest absolute Gasteiger partial charge is 0.491 e. The molecule has 1 aromatic heterocycles. The third-order valence-electron chi connectivity index (χ3n) is 7.84. The van der Waals surface area contributed by atoms with Crippen LogP contribution < -0.4 is 15.2 Å². The summed E-state index contributed by atoms with van der Waals surface area (Å²) in [5.41, 5.74) is 3.32.